The van der Waals surface area contributed by atoms with Gasteiger partial charge in [0, 0.05) is 17.1 Å². The number of alkyl halides is 2. The predicted octanol–water partition coefficient (Wildman–Crippen LogP) is 2.97. The third-order valence-electron chi connectivity index (χ3n) is 2.27. The lowest BCUT2D eigenvalue weighted by Crippen LogP contribution is -2.24. The molecule has 0 amide bonds. The highest BCUT2D eigenvalue weighted by Crippen LogP contribution is 2.12. The van der Waals surface area contributed by atoms with Gasteiger partial charge in [-0.25, -0.2) is 0 Å². The Morgan fingerprint density at radius 2 is 1.82 bits per heavy atom. The lowest BCUT2D eigenvalue weighted by atomic mass is 10.1. The fraction of sp³-hybridized carbons (Fsp3) is 0.818. The molecule has 4 nitrogen and oxygen atoms in total. The van der Waals surface area contributed by atoms with Crippen LogP contribution in [0.2, 0.25) is 0 Å². The first-order valence-corrected chi connectivity index (χ1v) is 7.79. The van der Waals surface area contributed by atoms with Crippen LogP contribution in [0.1, 0.15) is 32.6 Å². The van der Waals surface area contributed by atoms with Gasteiger partial charge in [-0.3, -0.25) is 9.59 Å². The molecule has 0 spiro atoms. The van der Waals surface area contributed by atoms with Gasteiger partial charge in [-0.2, -0.15) is 0 Å². The molecule has 1 atom stereocenters. The quantitative estimate of drug-likeness (QED) is 0.383. The summed E-state index contributed by atoms with van der Waals surface area (Å²) >= 11 is 6.50. The first kappa shape index (κ1) is 16.9. The number of carboxylic acid groups (broad SMARTS) is 1. The molecule has 1 N–H and O–H groups in total. The van der Waals surface area contributed by atoms with E-state index in [4.69, 9.17) is 9.84 Å². The Morgan fingerprint density at radius 1 is 1.24 bits per heavy atom. The molecular formula is C11H18Br2O4. The zero-order valence-electron chi connectivity index (χ0n) is 9.83. The SMILES string of the molecule is CC(CCCCC(=O)O)OC(=O)C(CBr)CBr. The maximum atomic E-state index is 11.6. The monoisotopic (exact) mass is 372 g/mol. The van der Waals surface area contributed by atoms with Crippen molar-refractivity contribution in [3.8, 4) is 0 Å². The first-order chi connectivity index (χ1) is 8.01. The molecule has 0 fully saturated rings. The molecule has 0 saturated heterocycles. The minimum Gasteiger partial charge on any atom is -0.481 e. The highest BCUT2D eigenvalue weighted by Gasteiger charge is 2.19. The largest absolute Gasteiger partial charge is 0.481 e. The van der Waals surface area contributed by atoms with Crippen molar-refractivity contribution in [1.82, 2.24) is 0 Å². The molecule has 0 aliphatic rings. The average molecular weight is 374 g/mol. The normalized spacial score (nSPS) is 12.5. The number of unbranched alkanes of at least 4 members (excludes halogenated alkanes) is 1. The van der Waals surface area contributed by atoms with Gasteiger partial charge in [-0.05, 0) is 26.2 Å². The van der Waals surface area contributed by atoms with Crippen molar-refractivity contribution in [3.63, 3.8) is 0 Å². The molecule has 0 aliphatic heterocycles. The predicted molar refractivity (Wildman–Crippen MR) is 72.7 cm³/mol. The number of ether oxygens (including phenoxy) is 1. The molecule has 0 radical (unpaired) electrons. The summed E-state index contributed by atoms with van der Waals surface area (Å²) in [5.74, 6) is -1.17. The van der Waals surface area contributed by atoms with E-state index in [2.05, 4.69) is 31.9 Å². The molecule has 0 bridgehead atoms. The van der Waals surface area contributed by atoms with E-state index in [1.165, 1.54) is 0 Å². The number of carboxylic acids is 1. The van der Waals surface area contributed by atoms with Crippen LogP contribution in [-0.2, 0) is 14.3 Å². The molecule has 0 aromatic carbocycles. The second-order valence-electron chi connectivity index (χ2n) is 3.89. The van der Waals surface area contributed by atoms with Crippen molar-refractivity contribution in [2.45, 2.75) is 38.7 Å². The van der Waals surface area contributed by atoms with Crippen LogP contribution >= 0.6 is 31.9 Å². The summed E-state index contributed by atoms with van der Waals surface area (Å²) in [4.78, 5) is 21.9. The van der Waals surface area contributed by atoms with Gasteiger partial charge in [0.25, 0.3) is 0 Å². The second kappa shape index (κ2) is 9.88. The minimum absolute atomic E-state index is 0.156. The fourth-order valence-electron chi connectivity index (χ4n) is 1.23. The van der Waals surface area contributed by atoms with Crippen LogP contribution in [0.4, 0.5) is 0 Å². The number of rotatable bonds is 9. The maximum absolute atomic E-state index is 11.6. The number of carbonyl (C=O) groups is 2. The first-order valence-electron chi connectivity index (χ1n) is 5.55. The molecule has 0 aliphatic carbocycles. The van der Waals surface area contributed by atoms with Gasteiger partial charge in [0.1, 0.15) is 0 Å². The summed E-state index contributed by atoms with van der Waals surface area (Å²) in [6.45, 7) is 1.83. The summed E-state index contributed by atoms with van der Waals surface area (Å²) in [5.41, 5.74) is 0. The van der Waals surface area contributed by atoms with Crippen molar-refractivity contribution in [2.24, 2.45) is 5.92 Å². The van der Waals surface area contributed by atoms with Gasteiger partial charge in [-0.15, -0.1) is 0 Å². The Balaban J connectivity index is 3.74. The van der Waals surface area contributed by atoms with Crippen LogP contribution in [-0.4, -0.2) is 33.8 Å². The summed E-state index contributed by atoms with van der Waals surface area (Å²) < 4.78 is 5.25. The van der Waals surface area contributed by atoms with Crippen LogP contribution in [0.3, 0.4) is 0 Å². The Labute approximate surface area is 118 Å². The summed E-state index contributed by atoms with van der Waals surface area (Å²) in [6.07, 6.45) is 2.10. The Bertz CT molecular complexity index is 242. The van der Waals surface area contributed by atoms with E-state index in [0.29, 0.717) is 23.5 Å². The summed E-state index contributed by atoms with van der Waals surface area (Å²) in [7, 11) is 0. The molecule has 0 heterocycles. The molecule has 0 aromatic rings. The Kier molecular flexibility index (Phi) is 9.82. The van der Waals surface area contributed by atoms with E-state index < -0.39 is 5.97 Å². The lowest BCUT2D eigenvalue weighted by Gasteiger charge is -2.16. The molecule has 0 aromatic heterocycles. The molecule has 17 heavy (non-hydrogen) atoms. The number of carbonyl (C=O) groups excluding carboxylic acids is 1. The molecule has 0 saturated carbocycles. The number of aliphatic carboxylic acids is 1. The van der Waals surface area contributed by atoms with Crippen LogP contribution < -0.4 is 0 Å². The van der Waals surface area contributed by atoms with Crippen molar-refractivity contribution >= 4 is 43.8 Å². The van der Waals surface area contributed by atoms with Crippen LogP contribution in [0.25, 0.3) is 0 Å². The lowest BCUT2D eigenvalue weighted by molar-refractivity contribution is -0.152. The highest BCUT2D eigenvalue weighted by molar-refractivity contribution is 9.09. The van der Waals surface area contributed by atoms with E-state index in [-0.39, 0.29) is 24.4 Å². The van der Waals surface area contributed by atoms with Crippen molar-refractivity contribution < 1.29 is 19.4 Å². The van der Waals surface area contributed by atoms with Crippen molar-refractivity contribution in [3.05, 3.63) is 0 Å². The fourth-order valence-corrected chi connectivity index (χ4v) is 2.83. The number of hydrogen-bond donors (Lipinski definition) is 1. The minimum atomic E-state index is -0.784. The number of hydrogen-bond acceptors (Lipinski definition) is 3. The third-order valence-corrected chi connectivity index (χ3v) is 3.84. The average Bonchev–Trinajstić information content (AvgIpc) is 2.25. The second-order valence-corrected chi connectivity index (χ2v) is 5.19. The zero-order chi connectivity index (χ0) is 13.3. The van der Waals surface area contributed by atoms with Crippen LogP contribution in [0.5, 0.6) is 0 Å². The van der Waals surface area contributed by atoms with Crippen molar-refractivity contribution in [2.75, 3.05) is 10.7 Å². The number of esters is 1. The van der Waals surface area contributed by atoms with Crippen molar-refractivity contribution in [1.29, 1.82) is 0 Å². The van der Waals surface area contributed by atoms with Gasteiger partial charge in [0.2, 0.25) is 0 Å². The van der Waals surface area contributed by atoms with Gasteiger partial charge in [0.15, 0.2) is 0 Å². The Morgan fingerprint density at radius 3 is 2.29 bits per heavy atom. The van der Waals surface area contributed by atoms with Gasteiger partial charge >= 0.3 is 11.9 Å². The van der Waals surface area contributed by atoms with Crippen LogP contribution in [0, 0.1) is 5.92 Å². The molecule has 0 rings (SSSR count). The topological polar surface area (TPSA) is 63.6 Å². The molecular weight excluding hydrogens is 356 g/mol. The number of halogens is 2. The van der Waals surface area contributed by atoms with E-state index in [9.17, 15) is 9.59 Å². The van der Waals surface area contributed by atoms with E-state index in [1.807, 2.05) is 6.92 Å². The standard InChI is InChI=1S/C11H18Br2O4/c1-8(4-2-3-5-10(14)15)17-11(16)9(6-12)7-13/h8-9H,2-7H2,1H3,(H,14,15). The molecule has 1 unspecified atom stereocenters. The van der Waals surface area contributed by atoms with E-state index >= 15 is 0 Å². The molecule has 100 valence electrons. The summed E-state index contributed by atoms with van der Waals surface area (Å²) in [5, 5.41) is 9.61. The summed E-state index contributed by atoms with van der Waals surface area (Å²) in [6, 6.07) is 0. The van der Waals surface area contributed by atoms with Crippen LogP contribution in [0.15, 0.2) is 0 Å². The smallest absolute Gasteiger partial charge is 0.310 e. The van der Waals surface area contributed by atoms with Gasteiger partial charge in [-0.1, -0.05) is 31.9 Å². The van der Waals surface area contributed by atoms with E-state index in [0.717, 1.165) is 6.42 Å². The van der Waals surface area contributed by atoms with E-state index in [1.54, 1.807) is 0 Å². The Hall–Kier alpha value is -0.100. The zero-order valence-corrected chi connectivity index (χ0v) is 13.0. The molecule has 6 heteroatoms. The third kappa shape index (κ3) is 8.60. The van der Waals surface area contributed by atoms with Gasteiger partial charge in [0.05, 0.1) is 12.0 Å². The highest BCUT2D eigenvalue weighted by atomic mass is 79.9. The maximum Gasteiger partial charge on any atom is 0.310 e. The van der Waals surface area contributed by atoms with Gasteiger partial charge < -0.3 is 9.84 Å².